The number of nitrogens with zero attached hydrogens (tertiary/aromatic N) is 1. The number of para-hydroxylation sites is 1. The minimum Gasteiger partial charge on any atom is -0.456 e. The molecule has 20 heavy (non-hydrogen) atoms. The lowest BCUT2D eigenvalue weighted by atomic mass is 10.1. The van der Waals surface area contributed by atoms with Crippen molar-refractivity contribution in [2.24, 2.45) is 5.73 Å². The van der Waals surface area contributed by atoms with Crippen LogP contribution < -0.4 is 10.5 Å². The molecule has 2 aromatic carbocycles. The van der Waals surface area contributed by atoms with Gasteiger partial charge in [0.05, 0.1) is 15.5 Å². The van der Waals surface area contributed by atoms with Crippen molar-refractivity contribution in [3.8, 4) is 11.5 Å². The SMILES string of the molecule is C[C@@H](N)c1ccccc1Oc1cc([N+](=O)[O-])ccc1Br. The minimum absolute atomic E-state index is 0.0264. The molecule has 6 heteroatoms. The first kappa shape index (κ1) is 14.5. The zero-order valence-electron chi connectivity index (χ0n) is 10.7. The van der Waals surface area contributed by atoms with E-state index in [1.54, 1.807) is 12.1 Å². The molecule has 1 atom stereocenters. The molecule has 2 rings (SSSR count). The van der Waals surface area contributed by atoms with Crippen LogP contribution in [-0.4, -0.2) is 4.92 Å². The van der Waals surface area contributed by atoms with Gasteiger partial charge in [0.25, 0.3) is 5.69 Å². The lowest BCUT2D eigenvalue weighted by Gasteiger charge is -2.14. The molecule has 0 aliphatic rings. The van der Waals surface area contributed by atoms with Crippen molar-refractivity contribution in [2.75, 3.05) is 0 Å². The Bertz CT molecular complexity index is 644. The monoisotopic (exact) mass is 336 g/mol. The van der Waals surface area contributed by atoms with E-state index in [0.29, 0.717) is 16.0 Å². The third kappa shape index (κ3) is 3.15. The minimum atomic E-state index is -0.462. The summed E-state index contributed by atoms with van der Waals surface area (Å²) >= 11 is 3.32. The van der Waals surface area contributed by atoms with Gasteiger partial charge in [-0.1, -0.05) is 18.2 Å². The fourth-order valence-corrected chi connectivity index (χ4v) is 2.08. The highest BCUT2D eigenvalue weighted by molar-refractivity contribution is 9.10. The van der Waals surface area contributed by atoms with E-state index in [9.17, 15) is 10.1 Å². The van der Waals surface area contributed by atoms with E-state index in [1.165, 1.54) is 12.1 Å². The highest BCUT2D eigenvalue weighted by Crippen LogP contribution is 2.35. The van der Waals surface area contributed by atoms with Gasteiger partial charge in [0.2, 0.25) is 0 Å². The van der Waals surface area contributed by atoms with E-state index in [2.05, 4.69) is 15.9 Å². The fraction of sp³-hybridized carbons (Fsp3) is 0.143. The van der Waals surface area contributed by atoms with Gasteiger partial charge in [-0.25, -0.2) is 0 Å². The molecule has 0 amide bonds. The largest absolute Gasteiger partial charge is 0.456 e. The molecule has 0 bridgehead atoms. The lowest BCUT2D eigenvalue weighted by molar-refractivity contribution is -0.384. The third-order valence-corrected chi connectivity index (χ3v) is 3.41. The summed E-state index contributed by atoms with van der Waals surface area (Å²) in [5.41, 5.74) is 6.70. The number of nitro benzene ring substituents is 1. The molecular weight excluding hydrogens is 324 g/mol. The highest BCUT2D eigenvalue weighted by Gasteiger charge is 2.14. The number of ether oxygens (including phenoxy) is 1. The van der Waals surface area contributed by atoms with Crippen LogP contribution >= 0.6 is 15.9 Å². The van der Waals surface area contributed by atoms with Crippen molar-refractivity contribution in [2.45, 2.75) is 13.0 Å². The second kappa shape index (κ2) is 6.02. The molecule has 0 radical (unpaired) electrons. The molecule has 0 aliphatic carbocycles. The zero-order valence-corrected chi connectivity index (χ0v) is 12.3. The zero-order chi connectivity index (χ0) is 14.7. The molecule has 0 saturated carbocycles. The van der Waals surface area contributed by atoms with Crippen molar-refractivity contribution in [3.63, 3.8) is 0 Å². The predicted octanol–water partition coefficient (Wildman–Crippen LogP) is 4.17. The first-order chi connectivity index (χ1) is 9.49. The second-order valence-electron chi connectivity index (χ2n) is 4.30. The Morgan fingerprint density at radius 3 is 2.60 bits per heavy atom. The molecule has 0 fully saturated rings. The maximum Gasteiger partial charge on any atom is 0.273 e. The summed E-state index contributed by atoms with van der Waals surface area (Å²) in [4.78, 5) is 10.3. The van der Waals surface area contributed by atoms with Gasteiger partial charge >= 0.3 is 0 Å². The molecule has 0 aromatic heterocycles. The van der Waals surface area contributed by atoms with E-state index in [1.807, 2.05) is 25.1 Å². The van der Waals surface area contributed by atoms with Gasteiger partial charge in [0.1, 0.15) is 11.5 Å². The van der Waals surface area contributed by atoms with Gasteiger partial charge in [-0.3, -0.25) is 10.1 Å². The fourth-order valence-electron chi connectivity index (χ4n) is 1.75. The molecule has 0 aliphatic heterocycles. The van der Waals surface area contributed by atoms with Crippen LogP contribution in [0.4, 0.5) is 5.69 Å². The van der Waals surface area contributed by atoms with Gasteiger partial charge in [-0.2, -0.15) is 0 Å². The summed E-state index contributed by atoms with van der Waals surface area (Å²) in [5, 5.41) is 10.8. The molecule has 104 valence electrons. The summed E-state index contributed by atoms with van der Waals surface area (Å²) in [6, 6.07) is 11.5. The number of nitro groups is 1. The van der Waals surface area contributed by atoms with Crippen LogP contribution in [0.1, 0.15) is 18.5 Å². The molecule has 0 spiro atoms. The molecule has 2 aromatic rings. The standard InChI is InChI=1S/C14H13BrN2O3/c1-9(16)11-4-2-3-5-13(11)20-14-8-10(17(18)19)6-7-12(14)15/h2-9H,16H2,1H3/t9-/m1/s1. The summed E-state index contributed by atoms with van der Waals surface area (Å²) in [5.74, 6) is 0.969. The van der Waals surface area contributed by atoms with Crippen LogP contribution in [0.25, 0.3) is 0 Å². The van der Waals surface area contributed by atoms with Gasteiger partial charge in [0.15, 0.2) is 0 Å². The molecule has 2 N–H and O–H groups in total. The van der Waals surface area contributed by atoms with Crippen LogP contribution in [0.5, 0.6) is 11.5 Å². The Kier molecular flexibility index (Phi) is 4.36. The van der Waals surface area contributed by atoms with Crippen LogP contribution in [0.2, 0.25) is 0 Å². The van der Waals surface area contributed by atoms with Crippen LogP contribution in [-0.2, 0) is 0 Å². The summed E-state index contributed by atoms with van der Waals surface area (Å²) in [7, 11) is 0. The van der Waals surface area contributed by atoms with E-state index in [-0.39, 0.29) is 11.7 Å². The van der Waals surface area contributed by atoms with Crippen molar-refractivity contribution in [1.82, 2.24) is 0 Å². The number of halogens is 1. The number of hydrogen-bond donors (Lipinski definition) is 1. The Hall–Kier alpha value is -1.92. The molecule has 0 unspecified atom stereocenters. The van der Waals surface area contributed by atoms with Crippen LogP contribution in [0, 0.1) is 10.1 Å². The Labute approximate surface area is 124 Å². The average Bonchev–Trinajstić information content (AvgIpc) is 2.41. The summed E-state index contributed by atoms with van der Waals surface area (Å²) in [6.45, 7) is 1.85. The summed E-state index contributed by atoms with van der Waals surface area (Å²) < 4.78 is 6.40. The van der Waals surface area contributed by atoms with Crippen molar-refractivity contribution < 1.29 is 9.66 Å². The van der Waals surface area contributed by atoms with Gasteiger partial charge in [-0.05, 0) is 35.0 Å². The normalized spacial score (nSPS) is 11.9. The number of hydrogen-bond acceptors (Lipinski definition) is 4. The van der Waals surface area contributed by atoms with Crippen molar-refractivity contribution in [1.29, 1.82) is 0 Å². The first-order valence-electron chi connectivity index (χ1n) is 5.95. The highest BCUT2D eigenvalue weighted by atomic mass is 79.9. The smallest absolute Gasteiger partial charge is 0.273 e. The maximum atomic E-state index is 10.8. The average molecular weight is 337 g/mol. The van der Waals surface area contributed by atoms with E-state index < -0.39 is 4.92 Å². The van der Waals surface area contributed by atoms with Gasteiger partial charge < -0.3 is 10.5 Å². The van der Waals surface area contributed by atoms with Crippen molar-refractivity contribution >= 4 is 21.6 Å². The molecule has 5 nitrogen and oxygen atoms in total. The van der Waals surface area contributed by atoms with Crippen molar-refractivity contribution in [3.05, 3.63) is 62.6 Å². The quantitative estimate of drug-likeness (QED) is 0.671. The number of non-ortho nitro benzene ring substituents is 1. The van der Waals surface area contributed by atoms with Gasteiger partial charge in [0, 0.05) is 17.7 Å². The Balaban J connectivity index is 2.40. The lowest BCUT2D eigenvalue weighted by Crippen LogP contribution is -2.06. The van der Waals surface area contributed by atoms with E-state index in [4.69, 9.17) is 10.5 Å². The maximum absolute atomic E-state index is 10.8. The molecule has 0 saturated heterocycles. The first-order valence-corrected chi connectivity index (χ1v) is 6.74. The Morgan fingerprint density at radius 2 is 1.95 bits per heavy atom. The number of rotatable bonds is 4. The van der Waals surface area contributed by atoms with Crippen LogP contribution in [0.3, 0.4) is 0 Å². The Morgan fingerprint density at radius 1 is 1.25 bits per heavy atom. The van der Waals surface area contributed by atoms with E-state index >= 15 is 0 Å². The number of nitrogens with two attached hydrogens (primary N) is 1. The van der Waals surface area contributed by atoms with Gasteiger partial charge in [-0.15, -0.1) is 0 Å². The molecular formula is C14H13BrN2O3. The second-order valence-corrected chi connectivity index (χ2v) is 5.15. The third-order valence-electron chi connectivity index (χ3n) is 2.76. The van der Waals surface area contributed by atoms with Crippen LogP contribution in [0.15, 0.2) is 46.9 Å². The predicted molar refractivity (Wildman–Crippen MR) is 79.9 cm³/mol. The summed E-state index contributed by atoms with van der Waals surface area (Å²) in [6.07, 6.45) is 0. The number of benzene rings is 2. The topological polar surface area (TPSA) is 78.4 Å². The van der Waals surface area contributed by atoms with E-state index in [0.717, 1.165) is 5.56 Å². The molecule has 0 heterocycles.